The van der Waals surface area contributed by atoms with Gasteiger partial charge in [-0.1, -0.05) is 0 Å². The van der Waals surface area contributed by atoms with Gasteiger partial charge < -0.3 is 25.1 Å². The number of rotatable bonds is 1. The van der Waals surface area contributed by atoms with Gasteiger partial charge in [-0.15, -0.1) is 0 Å². The number of aliphatic carboxylic acids is 1. The molecule has 0 aliphatic carbocycles. The van der Waals surface area contributed by atoms with Crippen LogP contribution < -0.4 is 0 Å². The zero-order valence-electron chi connectivity index (χ0n) is 10.0. The predicted molar refractivity (Wildman–Crippen MR) is 61.0 cm³/mol. The van der Waals surface area contributed by atoms with Crippen molar-refractivity contribution in [2.24, 2.45) is 0 Å². The molecule has 2 aliphatic rings. The van der Waals surface area contributed by atoms with Crippen LogP contribution in [0.25, 0.3) is 0 Å². The minimum atomic E-state index is -1.09. The van der Waals surface area contributed by atoms with Crippen LogP contribution in [0.2, 0.25) is 0 Å². The van der Waals surface area contributed by atoms with Crippen LogP contribution >= 0.6 is 0 Å². The SMILES string of the molecule is O=C(O)[C@@H]1CC(O)CN1C(=O)N1CCC(O)CC1. The van der Waals surface area contributed by atoms with Crippen molar-refractivity contribution in [2.45, 2.75) is 37.5 Å². The second kappa shape index (κ2) is 5.11. The Morgan fingerprint density at radius 1 is 1.06 bits per heavy atom. The monoisotopic (exact) mass is 258 g/mol. The molecule has 1 unspecified atom stereocenters. The van der Waals surface area contributed by atoms with Crippen LogP contribution in [0.4, 0.5) is 4.79 Å². The summed E-state index contributed by atoms with van der Waals surface area (Å²) < 4.78 is 0. The second-order valence-corrected chi connectivity index (χ2v) is 4.90. The largest absolute Gasteiger partial charge is 0.480 e. The average Bonchev–Trinajstić information content (AvgIpc) is 2.71. The summed E-state index contributed by atoms with van der Waals surface area (Å²) in [7, 11) is 0. The van der Waals surface area contributed by atoms with Crippen molar-refractivity contribution in [1.82, 2.24) is 9.80 Å². The van der Waals surface area contributed by atoms with E-state index in [9.17, 15) is 19.8 Å². The number of carboxylic acids is 1. The molecule has 102 valence electrons. The lowest BCUT2D eigenvalue weighted by atomic mass is 10.1. The Morgan fingerprint density at radius 2 is 1.67 bits per heavy atom. The van der Waals surface area contributed by atoms with Crippen molar-refractivity contribution in [1.29, 1.82) is 0 Å². The fraction of sp³-hybridized carbons (Fsp3) is 0.818. The maximum atomic E-state index is 12.2. The maximum absolute atomic E-state index is 12.2. The highest BCUT2D eigenvalue weighted by Crippen LogP contribution is 2.21. The van der Waals surface area contributed by atoms with Crippen LogP contribution in [-0.4, -0.2) is 75.0 Å². The van der Waals surface area contributed by atoms with E-state index in [2.05, 4.69) is 0 Å². The molecule has 0 aromatic heterocycles. The molecular weight excluding hydrogens is 240 g/mol. The van der Waals surface area contributed by atoms with Gasteiger partial charge in [0.05, 0.1) is 12.2 Å². The van der Waals surface area contributed by atoms with Crippen molar-refractivity contribution in [3.8, 4) is 0 Å². The Hall–Kier alpha value is -1.34. The summed E-state index contributed by atoms with van der Waals surface area (Å²) in [4.78, 5) is 26.0. The molecule has 7 nitrogen and oxygen atoms in total. The predicted octanol–water partition coefficient (Wildman–Crippen LogP) is -0.917. The smallest absolute Gasteiger partial charge is 0.326 e. The first kappa shape index (κ1) is 13.1. The number of hydrogen-bond donors (Lipinski definition) is 3. The zero-order chi connectivity index (χ0) is 13.3. The molecule has 0 radical (unpaired) electrons. The molecule has 2 fully saturated rings. The molecule has 0 saturated carbocycles. The summed E-state index contributed by atoms with van der Waals surface area (Å²) in [6.45, 7) is 0.923. The van der Waals surface area contributed by atoms with Crippen LogP contribution in [0.1, 0.15) is 19.3 Å². The van der Waals surface area contributed by atoms with Crippen LogP contribution in [0.3, 0.4) is 0 Å². The standard InChI is InChI=1S/C11H18N2O5/c14-7-1-3-12(4-2-7)11(18)13-6-8(15)5-9(13)10(16)17/h7-9,14-15H,1-6H2,(H,16,17)/t8?,9-/m0/s1. The lowest BCUT2D eigenvalue weighted by Crippen LogP contribution is -2.51. The lowest BCUT2D eigenvalue weighted by molar-refractivity contribution is -0.141. The first-order valence-electron chi connectivity index (χ1n) is 6.13. The number of carbonyl (C=O) groups excluding carboxylic acids is 1. The minimum Gasteiger partial charge on any atom is -0.480 e. The summed E-state index contributed by atoms with van der Waals surface area (Å²) in [5, 5.41) is 27.9. The van der Waals surface area contributed by atoms with Gasteiger partial charge in [-0.2, -0.15) is 0 Å². The van der Waals surface area contributed by atoms with Gasteiger partial charge in [-0.3, -0.25) is 0 Å². The van der Waals surface area contributed by atoms with Crippen molar-refractivity contribution in [3.63, 3.8) is 0 Å². The van der Waals surface area contributed by atoms with Crippen molar-refractivity contribution in [2.75, 3.05) is 19.6 Å². The number of aliphatic hydroxyl groups excluding tert-OH is 2. The van der Waals surface area contributed by atoms with Gasteiger partial charge in [0.2, 0.25) is 0 Å². The molecular formula is C11H18N2O5. The van der Waals surface area contributed by atoms with Gasteiger partial charge >= 0.3 is 12.0 Å². The summed E-state index contributed by atoms with van der Waals surface area (Å²) in [6.07, 6.45) is -0.0454. The van der Waals surface area contributed by atoms with Crippen molar-refractivity contribution >= 4 is 12.0 Å². The fourth-order valence-corrected chi connectivity index (χ4v) is 2.50. The minimum absolute atomic E-state index is 0.0643. The summed E-state index contributed by atoms with van der Waals surface area (Å²) in [6, 6.07) is -1.30. The third-order valence-electron chi connectivity index (χ3n) is 3.54. The Bertz CT molecular complexity index is 340. The topological polar surface area (TPSA) is 101 Å². The number of urea groups is 1. The number of piperidine rings is 1. The van der Waals surface area contributed by atoms with E-state index in [0.717, 1.165) is 0 Å². The molecule has 3 N–H and O–H groups in total. The lowest BCUT2D eigenvalue weighted by Gasteiger charge is -2.34. The van der Waals surface area contributed by atoms with Gasteiger partial charge in [0, 0.05) is 26.1 Å². The quantitative estimate of drug-likeness (QED) is 0.565. The molecule has 2 atom stereocenters. The molecule has 0 aromatic carbocycles. The summed E-state index contributed by atoms with van der Waals surface area (Å²) in [5.74, 6) is -1.09. The number of carbonyl (C=O) groups is 2. The number of likely N-dealkylation sites (tertiary alicyclic amines) is 2. The Balaban J connectivity index is 2.01. The molecule has 2 amide bonds. The Morgan fingerprint density at radius 3 is 2.22 bits per heavy atom. The third-order valence-corrected chi connectivity index (χ3v) is 3.54. The van der Waals surface area contributed by atoms with E-state index in [-0.39, 0.29) is 25.1 Å². The Kier molecular flexibility index (Phi) is 3.72. The normalized spacial score (nSPS) is 29.7. The zero-order valence-corrected chi connectivity index (χ0v) is 10.0. The molecule has 2 saturated heterocycles. The maximum Gasteiger partial charge on any atom is 0.326 e. The number of carboxylic acid groups (broad SMARTS) is 1. The van der Waals surface area contributed by atoms with Gasteiger partial charge in [0.25, 0.3) is 0 Å². The number of nitrogens with zero attached hydrogens (tertiary/aromatic N) is 2. The van der Waals surface area contributed by atoms with E-state index in [4.69, 9.17) is 5.11 Å². The van der Waals surface area contributed by atoms with Gasteiger partial charge in [0.15, 0.2) is 0 Å². The third kappa shape index (κ3) is 2.56. The van der Waals surface area contributed by atoms with Gasteiger partial charge in [-0.25, -0.2) is 9.59 Å². The van der Waals surface area contributed by atoms with E-state index in [1.165, 1.54) is 4.90 Å². The molecule has 0 aromatic rings. The van der Waals surface area contributed by atoms with E-state index in [1.54, 1.807) is 4.90 Å². The molecule has 2 rings (SSSR count). The Labute approximate surface area is 105 Å². The number of aliphatic hydroxyl groups is 2. The van der Waals surface area contributed by atoms with Crippen LogP contribution in [0.5, 0.6) is 0 Å². The average molecular weight is 258 g/mol. The molecule has 2 aliphatic heterocycles. The van der Waals surface area contributed by atoms with Crippen LogP contribution in [0.15, 0.2) is 0 Å². The van der Waals surface area contributed by atoms with E-state index < -0.39 is 18.1 Å². The fourth-order valence-electron chi connectivity index (χ4n) is 2.50. The van der Waals surface area contributed by atoms with Crippen molar-refractivity contribution < 1.29 is 24.9 Å². The number of amides is 2. The van der Waals surface area contributed by atoms with E-state index >= 15 is 0 Å². The highest BCUT2D eigenvalue weighted by Gasteiger charge is 2.41. The van der Waals surface area contributed by atoms with Crippen LogP contribution in [0, 0.1) is 0 Å². The molecule has 7 heteroatoms. The van der Waals surface area contributed by atoms with E-state index in [1.807, 2.05) is 0 Å². The second-order valence-electron chi connectivity index (χ2n) is 4.90. The molecule has 2 heterocycles. The number of hydrogen-bond acceptors (Lipinski definition) is 4. The van der Waals surface area contributed by atoms with E-state index in [0.29, 0.717) is 25.9 Å². The van der Waals surface area contributed by atoms with Crippen LogP contribution in [-0.2, 0) is 4.79 Å². The highest BCUT2D eigenvalue weighted by molar-refractivity contribution is 5.83. The molecule has 0 bridgehead atoms. The summed E-state index contributed by atoms with van der Waals surface area (Å²) >= 11 is 0. The summed E-state index contributed by atoms with van der Waals surface area (Å²) in [5.41, 5.74) is 0. The van der Waals surface area contributed by atoms with Crippen molar-refractivity contribution in [3.05, 3.63) is 0 Å². The van der Waals surface area contributed by atoms with Gasteiger partial charge in [0.1, 0.15) is 6.04 Å². The molecule has 0 spiro atoms. The number of β-amino-alcohol motifs (C(OH)–C–C–N with tert-alkyl or cyclic N) is 1. The highest BCUT2D eigenvalue weighted by atomic mass is 16.4. The molecule has 18 heavy (non-hydrogen) atoms. The first-order chi connectivity index (χ1) is 8.49. The first-order valence-corrected chi connectivity index (χ1v) is 6.13. The van der Waals surface area contributed by atoms with Gasteiger partial charge in [-0.05, 0) is 12.8 Å².